The summed E-state index contributed by atoms with van der Waals surface area (Å²) in [7, 11) is 0. The highest BCUT2D eigenvalue weighted by Gasteiger charge is 2.51. The standard InChI is InChI=1S/C8H9N5O3S/c9-4-6(14)13-5(8(15)16)3(1-11-12-10)2-17-7(4)13/h4,7H,1-2,9H2,(H,15,16)/t4?,7-/m1/s1. The summed E-state index contributed by atoms with van der Waals surface area (Å²) < 4.78 is 0. The highest BCUT2D eigenvalue weighted by Crippen LogP contribution is 2.39. The van der Waals surface area contributed by atoms with Gasteiger partial charge in [-0.05, 0) is 11.1 Å². The van der Waals surface area contributed by atoms with E-state index >= 15 is 0 Å². The summed E-state index contributed by atoms with van der Waals surface area (Å²) >= 11 is 1.38. The molecule has 2 aliphatic rings. The van der Waals surface area contributed by atoms with E-state index in [1.807, 2.05) is 0 Å². The molecule has 0 saturated carbocycles. The first kappa shape index (κ1) is 11.8. The Labute approximate surface area is 100 Å². The van der Waals surface area contributed by atoms with Crippen molar-refractivity contribution in [3.8, 4) is 0 Å². The Bertz CT molecular complexity index is 470. The number of nitrogens with two attached hydrogens (primary N) is 1. The molecule has 90 valence electrons. The molecular weight excluding hydrogens is 246 g/mol. The van der Waals surface area contributed by atoms with Crippen LogP contribution in [0.5, 0.6) is 0 Å². The molecule has 2 atom stereocenters. The lowest BCUT2D eigenvalue weighted by Gasteiger charge is -2.47. The second kappa shape index (κ2) is 4.28. The van der Waals surface area contributed by atoms with Crippen LogP contribution in [0.25, 0.3) is 10.4 Å². The number of amides is 1. The van der Waals surface area contributed by atoms with Gasteiger partial charge in [-0.15, -0.1) is 11.8 Å². The molecule has 2 rings (SSSR count). The van der Waals surface area contributed by atoms with Crippen LogP contribution in [0.4, 0.5) is 0 Å². The van der Waals surface area contributed by atoms with Gasteiger partial charge >= 0.3 is 5.97 Å². The SMILES string of the molecule is [N-]=[N+]=NCC1=C(C(=O)O)N2C(=O)C(N)[C@H]2SC1. The fourth-order valence-electron chi connectivity index (χ4n) is 1.82. The first-order valence-corrected chi connectivity index (χ1v) is 5.79. The number of hydrogen-bond acceptors (Lipinski definition) is 5. The highest BCUT2D eigenvalue weighted by atomic mass is 32.2. The first-order valence-electron chi connectivity index (χ1n) is 4.74. The average molecular weight is 255 g/mol. The minimum absolute atomic E-state index is 0.0448. The van der Waals surface area contributed by atoms with Crippen LogP contribution in [0.2, 0.25) is 0 Å². The summed E-state index contributed by atoms with van der Waals surface area (Å²) in [6.07, 6.45) is 0. The number of carbonyl (C=O) groups is 2. The van der Waals surface area contributed by atoms with E-state index in [0.717, 1.165) is 0 Å². The molecule has 8 nitrogen and oxygen atoms in total. The van der Waals surface area contributed by atoms with Gasteiger partial charge in [-0.2, -0.15) is 0 Å². The number of fused-ring (bicyclic) bond motifs is 1. The van der Waals surface area contributed by atoms with E-state index < -0.39 is 17.9 Å². The molecule has 2 heterocycles. The zero-order chi connectivity index (χ0) is 12.6. The Balaban J connectivity index is 2.36. The van der Waals surface area contributed by atoms with Gasteiger partial charge in [-0.25, -0.2) is 4.79 Å². The largest absolute Gasteiger partial charge is 0.477 e. The Morgan fingerprint density at radius 2 is 2.47 bits per heavy atom. The molecule has 9 heteroatoms. The Kier molecular flexibility index (Phi) is 2.97. The van der Waals surface area contributed by atoms with Crippen LogP contribution in [0.15, 0.2) is 16.4 Å². The van der Waals surface area contributed by atoms with Crippen molar-refractivity contribution >= 4 is 23.6 Å². The van der Waals surface area contributed by atoms with E-state index in [-0.39, 0.29) is 17.6 Å². The van der Waals surface area contributed by atoms with Crippen LogP contribution >= 0.6 is 11.8 Å². The Morgan fingerprint density at radius 1 is 1.76 bits per heavy atom. The maximum absolute atomic E-state index is 11.5. The molecular formula is C8H9N5O3S. The number of carboxylic acid groups (broad SMARTS) is 1. The number of β-lactam (4-membered cyclic amide) rings is 1. The number of thioether (sulfide) groups is 1. The van der Waals surface area contributed by atoms with Gasteiger partial charge in [-0.1, -0.05) is 5.11 Å². The lowest BCUT2D eigenvalue weighted by molar-refractivity contribution is -0.147. The maximum Gasteiger partial charge on any atom is 0.352 e. The van der Waals surface area contributed by atoms with Gasteiger partial charge in [0.15, 0.2) is 0 Å². The fourth-order valence-corrected chi connectivity index (χ4v) is 3.10. The topological polar surface area (TPSA) is 132 Å². The molecule has 3 N–H and O–H groups in total. The fraction of sp³-hybridized carbons (Fsp3) is 0.500. The number of rotatable bonds is 3. The Morgan fingerprint density at radius 3 is 3.06 bits per heavy atom. The van der Waals surface area contributed by atoms with Crippen LogP contribution in [0.1, 0.15) is 0 Å². The lowest BCUT2D eigenvalue weighted by Crippen LogP contribution is -2.68. The minimum Gasteiger partial charge on any atom is -0.477 e. The first-order chi connectivity index (χ1) is 8.07. The lowest BCUT2D eigenvalue weighted by atomic mass is 10.0. The van der Waals surface area contributed by atoms with Crippen LogP contribution in [0, 0.1) is 0 Å². The van der Waals surface area contributed by atoms with Crippen molar-refractivity contribution in [2.75, 3.05) is 12.3 Å². The number of carboxylic acids is 1. The molecule has 2 aliphatic heterocycles. The van der Waals surface area contributed by atoms with Crippen molar-refractivity contribution in [2.45, 2.75) is 11.4 Å². The summed E-state index contributed by atoms with van der Waals surface area (Å²) in [6.45, 7) is -0.0448. The molecule has 0 spiro atoms. The molecule has 1 unspecified atom stereocenters. The molecule has 17 heavy (non-hydrogen) atoms. The van der Waals surface area contributed by atoms with Gasteiger partial charge < -0.3 is 10.8 Å². The van der Waals surface area contributed by atoms with Crippen molar-refractivity contribution < 1.29 is 14.7 Å². The number of azide groups is 1. The molecule has 1 amide bonds. The molecule has 0 aliphatic carbocycles. The van der Waals surface area contributed by atoms with Gasteiger partial charge in [0.1, 0.15) is 17.1 Å². The number of aliphatic carboxylic acids is 1. The van der Waals surface area contributed by atoms with E-state index in [4.69, 9.17) is 16.4 Å². The molecule has 1 fully saturated rings. The van der Waals surface area contributed by atoms with Crippen LogP contribution in [-0.4, -0.2) is 45.6 Å². The third-order valence-corrected chi connectivity index (χ3v) is 3.98. The van der Waals surface area contributed by atoms with E-state index in [2.05, 4.69) is 10.0 Å². The van der Waals surface area contributed by atoms with Crippen molar-refractivity contribution in [3.05, 3.63) is 21.7 Å². The monoisotopic (exact) mass is 255 g/mol. The quantitative estimate of drug-likeness (QED) is 0.314. The zero-order valence-electron chi connectivity index (χ0n) is 8.61. The third-order valence-electron chi connectivity index (χ3n) is 2.62. The van der Waals surface area contributed by atoms with E-state index in [1.54, 1.807) is 0 Å². The highest BCUT2D eigenvalue weighted by molar-refractivity contribution is 8.00. The summed E-state index contributed by atoms with van der Waals surface area (Å²) in [6, 6.07) is -0.643. The molecule has 0 aromatic heterocycles. The predicted molar refractivity (Wildman–Crippen MR) is 59.7 cm³/mol. The number of carbonyl (C=O) groups excluding carboxylic acids is 1. The minimum atomic E-state index is -1.20. The van der Waals surface area contributed by atoms with Crippen molar-refractivity contribution in [1.29, 1.82) is 0 Å². The zero-order valence-corrected chi connectivity index (χ0v) is 9.42. The smallest absolute Gasteiger partial charge is 0.352 e. The van der Waals surface area contributed by atoms with E-state index in [0.29, 0.717) is 11.3 Å². The predicted octanol–water partition coefficient (Wildman–Crippen LogP) is -0.122. The molecule has 0 aromatic carbocycles. The van der Waals surface area contributed by atoms with Gasteiger partial charge in [-0.3, -0.25) is 9.69 Å². The van der Waals surface area contributed by atoms with Gasteiger partial charge in [0.25, 0.3) is 0 Å². The van der Waals surface area contributed by atoms with Crippen LogP contribution < -0.4 is 5.73 Å². The van der Waals surface area contributed by atoms with Crippen LogP contribution in [0.3, 0.4) is 0 Å². The summed E-state index contributed by atoms with van der Waals surface area (Å²) in [4.78, 5) is 26.4. The van der Waals surface area contributed by atoms with Crippen molar-refractivity contribution in [3.63, 3.8) is 0 Å². The van der Waals surface area contributed by atoms with Gasteiger partial charge in [0.2, 0.25) is 5.91 Å². The number of nitrogens with zero attached hydrogens (tertiary/aromatic N) is 4. The van der Waals surface area contributed by atoms with Crippen molar-refractivity contribution in [1.82, 2.24) is 4.90 Å². The second-order valence-corrected chi connectivity index (χ2v) is 4.69. The average Bonchev–Trinajstić information content (AvgIpc) is 2.33. The summed E-state index contributed by atoms with van der Waals surface area (Å²) in [5.41, 5.74) is 14.2. The van der Waals surface area contributed by atoms with E-state index in [9.17, 15) is 9.59 Å². The molecule has 0 radical (unpaired) electrons. The Hall–Kier alpha value is -1.70. The summed E-state index contributed by atoms with van der Waals surface area (Å²) in [5.74, 6) is -1.19. The second-order valence-electron chi connectivity index (χ2n) is 3.58. The van der Waals surface area contributed by atoms with Crippen LogP contribution in [-0.2, 0) is 9.59 Å². The summed E-state index contributed by atoms with van der Waals surface area (Å²) in [5, 5.41) is 12.1. The molecule has 0 aromatic rings. The number of hydrogen-bond donors (Lipinski definition) is 2. The third kappa shape index (κ3) is 1.74. The van der Waals surface area contributed by atoms with Crippen molar-refractivity contribution in [2.24, 2.45) is 10.8 Å². The van der Waals surface area contributed by atoms with Gasteiger partial charge in [0, 0.05) is 10.7 Å². The van der Waals surface area contributed by atoms with E-state index in [1.165, 1.54) is 16.7 Å². The normalized spacial score (nSPS) is 27.1. The molecule has 0 bridgehead atoms. The maximum atomic E-state index is 11.5. The molecule has 1 saturated heterocycles. The van der Waals surface area contributed by atoms with Gasteiger partial charge in [0.05, 0.1) is 6.54 Å².